The minimum atomic E-state index is -0.138. The van der Waals surface area contributed by atoms with E-state index >= 15 is 0 Å². The normalized spacial score (nSPS) is 15.7. The molecular weight excluding hydrogens is 326 g/mol. The number of fused-ring (bicyclic) bond motifs is 8. The third-order valence-corrected chi connectivity index (χ3v) is 4.44. The van der Waals surface area contributed by atoms with Crippen LogP contribution in [0.25, 0.3) is 18.2 Å². The molecule has 5 N–H and O–H groups in total. The Morgan fingerprint density at radius 2 is 1.31 bits per heavy atom. The third-order valence-electron chi connectivity index (χ3n) is 4.44. The van der Waals surface area contributed by atoms with Crippen LogP contribution in [0.5, 0.6) is 0 Å². The van der Waals surface area contributed by atoms with Crippen LogP contribution in [-0.2, 0) is 4.79 Å². The first-order chi connectivity index (χ1) is 12.6. The Balaban J connectivity index is 1.71. The highest BCUT2D eigenvalue weighted by atomic mass is 16.1. The second kappa shape index (κ2) is 5.35. The van der Waals surface area contributed by atoms with Crippen molar-refractivity contribution in [2.45, 2.75) is 0 Å². The molecule has 126 valence electrons. The fraction of sp³-hybridized carbons (Fsp3) is 0. The number of H-pyrrole nitrogens is 3. The molecule has 0 atom stereocenters. The lowest BCUT2D eigenvalue weighted by atomic mass is 10.2. The fourth-order valence-corrected chi connectivity index (χ4v) is 3.17. The number of allylic oxidation sites excluding steroid dienone is 2. The molecule has 6 nitrogen and oxygen atoms in total. The fourth-order valence-electron chi connectivity index (χ4n) is 3.17. The van der Waals surface area contributed by atoms with Crippen molar-refractivity contribution in [3.8, 4) is 0 Å². The summed E-state index contributed by atoms with van der Waals surface area (Å²) in [6.45, 7) is 0. The van der Waals surface area contributed by atoms with Crippen molar-refractivity contribution in [3.05, 3.63) is 87.3 Å². The van der Waals surface area contributed by atoms with Gasteiger partial charge in [-0.2, -0.15) is 0 Å². The summed E-state index contributed by atoms with van der Waals surface area (Å²) >= 11 is 0. The van der Waals surface area contributed by atoms with E-state index in [0.29, 0.717) is 17.1 Å². The molecule has 26 heavy (non-hydrogen) atoms. The van der Waals surface area contributed by atoms with Crippen molar-refractivity contribution in [3.63, 3.8) is 0 Å². The van der Waals surface area contributed by atoms with E-state index in [4.69, 9.17) is 5.41 Å². The molecule has 0 spiro atoms. The van der Waals surface area contributed by atoms with E-state index in [9.17, 15) is 4.79 Å². The second-order valence-electron chi connectivity index (χ2n) is 6.33. The van der Waals surface area contributed by atoms with Gasteiger partial charge in [-0.1, -0.05) is 0 Å². The summed E-state index contributed by atoms with van der Waals surface area (Å²) in [5, 5.41) is 13.4. The number of rotatable bonds is 0. The van der Waals surface area contributed by atoms with Gasteiger partial charge in [-0.15, -0.1) is 0 Å². The molecule has 0 saturated carbocycles. The molecule has 0 unspecified atom stereocenters. The summed E-state index contributed by atoms with van der Waals surface area (Å²) in [4.78, 5) is 22.1. The first-order valence-electron chi connectivity index (χ1n) is 8.25. The van der Waals surface area contributed by atoms with Gasteiger partial charge in [0.05, 0.1) is 17.1 Å². The number of aromatic nitrogens is 3. The zero-order valence-corrected chi connectivity index (χ0v) is 13.7. The van der Waals surface area contributed by atoms with Gasteiger partial charge in [-0.3, -0.25) is 10.2 Å². The Hall–Kier alpha value is -3.80. The molecule has 5 rings (SSSR count). The average Bonchev–Trinajstić information content (AvgIpc) is 3.38. The number of hydrogen-bond acceptors (Lipinski definition) is 3. The summed E-state index contributed by atoms with van der Waals surface area (Å²) in [5.74, 6) is -0.138. The Morgan fingerprint density at radius 3 is 2.08 bits per heavy atom. The third kappa shape index (κ3) is 2.44. The van der Waals surface area contributed by atoms with Crippen LogP contribution in [0.4, 0.5) is 0 Å². The van der Waals surface area contributed by atoms with Gasteiger partial charge < -0.3 is 20.3 Å². The van der Waals surface area contributed by atoms with Gasteiger partial charge in [0.1, 0.15) is 5.71 Å². The smallest absolute Gasteiger partial charge is 0.204 e. The number of nitrogens with one attached hydrogen (secondary N) is 5. The molecule has 0 amide bonds. The lowest BCUT2D eigenvalue weighted by molar-refractivity contribution is -0.111. The zero-order chi connectivity index (χ0) is 17.7. The lowest BCUT2D eigenvalue weighted by Gasteiger charge is -2.05. The predicted molar refractivity (Wildman–Crippen MR) is 99.8 cm³/mol. The largest absolute Gasteiger partial charge is 0.355 e. The van der Waals surface area contributed by atoms with Crippen LogP contribution < -0.4 is 16.0 Å². The standard InChI is InChI=1S/C20H15N5O/c21-20-16-6-5-14(24-16)8-13-2-1-11(22-13)7-12-3-4-15(23-12)9-17-19(26)10-18(20)25-17/h1-10,21-25H. The molecule has 0 aromatic carbocycles. The summed E-state index contributed by atoms with van der Waals surface area (Å²) < 4.78 is 0. The van der Waals surface area contributed by atoms with Gasteiger partial charge in [0, 0.05) is 33.9 Å². The van der Waals surface area contributed by atoms with Gasteiger partial charge >= 0.3 is 0 Å². The Labute approximate surface area is 148 Å². The quantitative estimate of drug-likeness (QED) is 0.423. The van der Waals surface area contributed by atoms with Crippen molar-refractivity contribution in [1.82, 2.24) is 20.3 Å². The number of aromatic amines is 3. The molecule has 0 saturated heterocycles. The van der Waals surface area contributed by atoms with Gasteiger partial charge in [0.15, 0.2) is 0 Å². The van der Waals surface area contributed by atoms with E-state index in [0.717, 1.165) is 27.8 Å². The molecule has 0 aliphatic carbocycles. The predicted octanol–water partition coefficient (Wildman–Crippen LogP) is 1.11. The number of carbonyl (C=O) groups excluding carboxylic acids is 1. The van der Waals surface area contributed by atoms with Gasteiger partial charge in [0.2, 0.25) is 5.78 Å². The van der Waals surface area contributed by atoms with Gasteiger partial charge in [-0.05, 0) is 54.6 Å². The molecule has 3 aromatic heterocycles. The topological polar surface area (TPSA) is 100 Å². The molecule has 8 bridgehead atoms. The summed E-state index contributed by atoms with van der Waals surface area (Å²) in [7, 11) is 0. The maximum absolute atomic E-state index is 12.3. The highest BCUT2D eigenvalue weighted by Crippen LogP contribution is 2.17. The van der Waals surface area contributed by atoms with E-state index in [1.54, 1.807) is 6.08 Å². The van der Waals surface area contributed by atoms with Gasteiger partial charge in [-0.25, -0.2) is 0 Å². The van der Waals surface area contributed by atoms with Crippen molar-refractivity contribution in [2.24, 2.45) is 0 Å². The highest BCUT2D eigenvalue weighted by molar-refractivity contribution is 6.20. The first kappa shape index (κ1) is 14.5. The maximum atomic E-state index is 12.3. The SMILES string of the molecule is N=C1C2=CC(=O)C(=Cc3ccc([nH]3)C=c3ccc([nH]3)=Cc3ccc1[nH]3)N2. The summed E-state index contributed by atoms with van der Waals surface area (Å²) in [6, 6.07) is 11.6. The molecule has 3 aromatic rings. The molecule has 0 radical (unpaired) electrons. The minimum absolute atomic E-state index is 0.138. The highest BCUT2D eigenvalue weighted by Gasteiger charge is 2.22. The monoisotopic (exact) mass is 341 g/mol. The Kier molecular flexibility index (Phi) is 2.99. The van der Waals surface area contributed by atoms with Crippen LogP contribution in [0.2, 0.25) is 0 Å². The Morgan fingerprint density at radius 1 is 0.654 bits per heavy atom. The number of carbonyl (C=O) groups is 1. The van der Waals surface area contributed by atoms with Gasteiger partial charge in [0.25, 0.3) is 0 Å². The minimum Gasteiger partial charge on any atom is -0.355 e. The van der Waals surface area contributed by atoms with Crippen molar-refractivity contribution >= 4 is 29.7 Å². The van der Waals surface area contributed by atoms with E-state index in [2.05, 4.69) is 20.3 Å². The number of hydrogen-bond donors (Lipinski definition) is 5. The van der Waals surface area contributed by atoms with Crippen molar-refractivity contribution in [1.29, 1.82) is 5.41 Å². The zero-order valence-electron chi connectivity index (χ0n) is 13.7. The van der Waals surface area contributed by atoms with Crippen LogP contribution in [0.15, 0.2) is 53.9 Å². The lowest BCUT2D eigenvalue weighted by Crippen LogP contribution is -2.17. The molecular formula is C20H15N5O. The van der Waals surface area contributed by atoms with Crippen LogP contribution >= 0.6 is 0 Å². The van der Waals surface area contributed by atoms with E-state index < -0.39 is 0 Å². The second-order valence-corrected chi connectivity index (χ2v) is 6.33. The van der Waals surface area contributed by atoms with Crippen molar-refractivity contribution in [2.75, 3.05) is 0 Å². The van der Waals surface area contributed by atoms with Crippen LogP contribution in [-0.4, -0.2) is 26.4 Å². The Bertz CT molecular complexity index is 1250. The van der Waals surface area contributed by atoms with Crippen molar-refractivity contribution < 1.29 is 4.79 Å². The first-order valence-corrected chi connectivity index (χ1v) is 8.25. The molecule has 0 fully saturated rings. The van der Waals surface area contributed by atoms with E-state index in [1.807, 2.05) is 48.6 Å². The molecule has 5 heterocycles. The summed E-state index contributed by atoms with van der Waals surface area (Å²) in [5.41, 5.74) is 4.48. The maximum Gasteiger partial charge on any atom is 0.204 e. The van der Waals surface area contributed by atoms with Crippen LogP contribution in [0.1, 0.15) is 22.8 Å². The summed E-state index contributed by atoms with van der Waals surface area (Å²) in [6.07, 6.45) is 7.21. The molecule has 2 aliphatic rings. The van der Waals surface area contributed by atoms with E-state index in [-0.39, 0.29) is 11.5 Å². The number of ketones is 1. The average molecular weight is 341 g/mol. The molecule has 6 heteroatoms. The van der Waals surface area contributed by atoms with E-state index in [1.165, 1.54) is 6.08 Å². The molecule has 2 aliphatic heterocycles. The van der Waals surface area contributed by atoms with Crippen LogP contribution in [0.3, 0.4) is 0 Å². The van der Waals surface area contributed by atoms with Crippen LogP contribution in [0, 0.1) is 5.41 Å².